The zero-order chi connectivity index (χ0) is 16.5. The van der Waals surface area contributed by atoms with E-state index in [2.05, 4.69) is 43.8 Å². The van der Waals surface area contributed by atoms with Crippen molar-refractivity contribution in [3.8, 4) is 0 Å². The van der Waals surface area contributed by atoms with Gasteiger partial charge in [0.25, 0.3) is 0 Å². The first-order chi connectivity index (χ1) is 10.1. The van der Waals surface area contributed by atoms with Gasteiger partial charge < -0.3 is 4.43 Å². The highest BCUT2D eigenvalue weighted by molar-refractivity contribution is 6.74. The van der Waals surface area contributed by atoms with E-state index in [9.17, 15) is 9.18 Å². The fourth-order valence-corrected chi connectivity index (χ4v) is 3.22. The number of halogens is 1. The third-order valence-corrected chi connectivity index (χ3v) is 9.08. The lowest BCUT2D eigenvalue weighted by Crippen LogP contribution is -2.42. The van der Waals surface area contributed by atoms with E-state index in [1.54, 1.807) is 6.07 Å². The molecular formula is C15H24FN3O2Si. The second-order valence-electron chi connectivity index (χ2n) is 7.33. The summed E-state index contributed by atoms with van der Waals surface area (Å²) in [6.45, 7) is 12.0. The minimum atomic E-state index is -1.82. The van der Waals surface area contributed by atoms with Crippen molar-refractivity contribution in [1.82, 2.24) is 9.97 Å². The van der Waals surface area contributed by atoms with Gasteiger partial charge in [0, 0.05) is 31.7 Å². The molecule has 0 aliphatic carbocycles. The van der Waals surface area contributed by atoms with Crippen LogP contribution in [0.4, 0.5) is 10.2 Å². The van der Waals surface area contributed by atoms with Crippen molar-refractivity contribution in [2.45, 2.75) is 45.3 Å². The highest BCUT2D eigenvalue weighted by Gasteiger charge is 2.39. The first-order valence-corrected chi connectivity index (χ1v) is 10.4. The SMILES string of the molecule is CC(C)(C)[Si](C)(C)OCC1CC(=O)N(c2ccnc(F)n2)C1. The topological polar surface area (TPSA) is 55.3 Å². The summed E-state index contributed by atoms with van der Waals surface area (Å²) in [5.41, 5.74) is 0. The summed E-state index contributed by atoms with van der Waals surface area (Å²) in [6.07, 6.45) is 0.927. The van der Waals surface area contributed by atoms with Crippen LogP contribution in [0.25, 0.3) is 0 Å². The Hall–Kier alpha value is -1.34. The van der Waals surface area contributed by atoms with Gasteiger partial charge in [0.15, 0.2) is 8.32 Å². The van der Waals surface area contributed by atoms with Crippen LogP contribution >= 0.6 is 0 Å². The predicted octanol–water partition coefficient (Wildman–Crippen LogP) is 2.99. The van der Waals surface area contributed by atoms with Gasteiger partial charge in [-0.3, -0.25) is 9.69 Å². The molecule has 1 amide bonds. The number of nitrogens with zero attached hydrogens (tertiary/aromatic N) is 3. The Kier molecular flexibility index (Phi) is 4.67. The molecule has 0 aromatic carbocycles. The summed E-state index contributed by atoms with van der Waals surface area (Å²) in [7, 11) is -1.82. The molecule has 1 aromatic rings. The molecule has 1 fully saturated rings. The van der Waals surface area contributed by atoms with E-state index in [4.69, 9.17) is 4.43 Å². The molecule has 7 heteroatoms. The Morgan fingerprint density at radius 1 is 1.45 bits per heavy atom. The number of carbonyl (C=O) groups excluding carboxylic acids is 1. The predicted molar refractivity (Wildman–Crippen MR) is 85.6 cm³/mol. The lowest BCUT2D eigenvalue weighted by Gasteiger charge is -2.36. The van der Waals surface area contributed by atoms with Gasteiger partial charge in [0.1, 0.15) is 5.82 Å². The van der Waals surface area contributed by atoms with Gasteiger partial charge >= 0.3 is 6.08 Å². The molecular weight excluding hydrogens is 301 g/mol. The van der Waals surface area contributed by atoms with E-state index in [1.165, 1.54) is 11.1 Å². The Morgan fingerprint density at radius 3 is 2.73 bits per heavy atom. The van der Waals surface area contributed by atoms with Gasteiger partial charge in [-0.05, 0) is 24.2 Å². The molecule has 122 valence electrons. The highest BCUT2D eigenvalue weighted by atomic mass is 28.4. The zero-order valence-electron chi connectivity index (χ0n) is 13.9. The lowest BCUT2D eigenvalue weighted by molar-refractivity contribution is -0.117. The van der Waals surface area contributed by atoms with Gasteiger partial charge in [0.2, 0.25) is 5.91 Å². The number of aromatic nitrogens is 2. The maximum absolute atomic E-state index is 13.1. The summed E-state index contributed by atoms with van der Waals surface area (Å²) in [5.74, 6) is 0.411. The Morgan fingerprint density at radius 2 is 2.14 bits per heavy atom. The van der Waals surface area contributed by atoms with Gasteiger partial charge in [0.05, 0.1) is 0 Å². The maximum atomic E-state index is 13.1. The number of carbonyl (C=O) groups is 1. The summed E-state index contributed by atoms with van der Waals surface area (Å²) in [4.78, 5) is 20.7. The van der Waals surface area contributed by atoms with E-state index in [0.717, 1.165) is 0 Å². The minimum absolute atomic E-state index is 0.0399. The van der Waals surface area contributed by atoms with Crippen molar-refractivity contribution in [3.63, 3.8) is 0 Å². The number of rotatable bonds is 4. The molecule has 5 nitrogen and oxygen atoms in total. The average Bonchev–Trinajstić information content (AvgIpc) is 2.76. The van der Waals surface area contributed by atoms with Crippen molar-refractivity contribution in [2.75, 3.05) is 18.1 Å². The molecule has 1 aliphatic heterocycles. The van der Waals surface area contributed by atoms with Gasteiger partial charge in [-0.25, -0.2) is 4.98 Å². The molecule has 0 bridgehead atoms. The summed E-state index contributed by atoms with van der Waals surface area (Å²) >= 11 is 0. The average molecular weight is 325 g/mol. The molecule has 0 radical (unpaired) electrons. The van der Waals surface area contributed by atoms with E-state index >= 15 is 0 Å². The Bertz CT molecular complexity index is 560. The molecule has 0 saturated carbocycles. The Labute approximate surface area is 132 Å². The lowest BCUT2D eigenvalue weighted by atomic mass is 10.1. The van der Waals surface area contributed by atoms with Crippen molar-refractivity contribution < 1.29 is 13.6 Å². The second-order valence-corrected chi connectivity index (χ2v) is 12.1. The molecule has 0 N–H and O–H groups in total. The fraction of sp³-hybridized carbons (Fsp3) is 0.667. The van der Waals surface area contributed by atoms with Crippen LogP contribution in [0.2, 0.25) is 18.1 Å². The number of hydrogen-bond acceptors (Lipinski definition) is 4. The van der Waals surface area contributed by atoms with Crippen molar-refractivity contribution in [1.29, 1.82) is 0 Å². The largest absolute Gasteiger partial charge is 0.416 e. The van der Waals surface area contributed by atoms with E-state index in [-0.39, 0.29) is 16.9 Å². The van der Waals surface area contributed by atoms with Gasteiger partial charge in [-0.2, -0.15) is 9.37 Å². The third kappa shape index (κ3) is 3.70. The van der Waals surface area contributed by atoms with Crippen LogP contribution in [-0.2, 0) is 9.22 Å². The van der Waals surface area contributed by atoms with Crippen LogP contribution in [-0.4, -0.2) is 37.3 Å². The van der Waals surface area contributed by atoms with Crippen LogP contribution in [0.15, 0.2) is 12.3 Å². The van der Waals surface area contributed by atoms with Crippen LogP contribution < -0.4 is 4.90 Å². The van der Waals surface area contributed by atoms with Crippen LogP contribution in [0, 0.1) is 12.0 Å². The summed E-state index contributed by atoms with van der Waals surface area (Å²) in [5, 5.41) is 0.144. The molecule has 1 aromatic heterocycles. The Balaban J connectivity index is 1.98. The summed E-state index contributed by atoms with van der Waals surface area (Å²) in [6, 6.07) is 1.55. The van der Waals surface area contributed by atoms with E-state index in [0.29, 0.717) is 25.4 Å². The fourth-order valence-electron chi connectivity index (χ4n) is 2.13. The second kappa shape index (κ2) is 6.04. The number of hydrogen-bond donors (Lipinski definition) is 0. The minimum Gasteiger partial charge on any atom is -0.416 e. The van der Waals surface area contributed by atoms with Crippen molar-refractivity contribution in [3.05, 3.63) is 18.3 Å². The monoisotopic (exact) mass is 325 g/mol. The van der Waals surface area contributed by atoms with Crippen LogP contribution in [0.3, 0.4) is 0 Å². The van der Waals surface area contributed by atoms with E-state index in [1.807, 2.05) is 0 Å². The molecule has 22 heavy (non-hydrogen) atoms. The van der Waals surface area contributed by atoms with Crippen LogP contribution in [0.1, 0.15) is 27.2 Å². The number of anilines is 1. The van der Waals surface area contributed by atoms with Crippen molar-refractivity contribution >= 4 is 20.0 Å². The molecule has 2 heterocycles. The smallest absolute Gasteiger partial charge is 0.310 e. The molecule has 1 saturated heterocycles. The molecule has 1 aliphatic rings. The highest BCUT2D eigenvalue weighted by Crippen LogP contribution is 2.37. The van der Waals surface area contributed by atoms with Gasteiger partial charge in [-0.15, -0.1) is 0 Å². The molecule has 1 unspecified atom stereocenters. The normalized spacial score (nSPS) is 19.8. The van der Waals surface area contributed by atoms with Crippen LogP contribution in [0.5, 0.6) is 0 Å². The molecule has 2 rings (SSSR count). The maximum Gasteiger partial charge on any atom is 0.310 e. The molecule has 1 atom stereocenters. The molecule has 0 spiro atoms. The first-order valence-electron chi connectivity index (χ1n) is 7.53. The van der Waals surface area contributed by atoms with Gasteiger partial charge in [-0.1, -0.05) is 20.8 Å². The standard InChI is InChI=1S/C15H24FN3O2Si/c1-15(2,3)22(4,5)21-10-11-8-13(20)19(9-11)12-6-7-17-14(16)18-12/h6-7,11H,8-10H2,1-5H3. The van der Waals surface area contributed by atoms with Crippen molar-refractivity contribution in [2.24, 2.45) is 5.92 Å². The summed E-state index contributed by atoms with van der Waals surface area (Å²) < 4.78 is 19.3. The first kappa shape index (κ1) is 17.0. The zero-order valence-corrected chi connectivity index (χ0v) is 14.9. The third-order valence-electron chi connectivity index (χ3n) is 4.58. The number of amides is 1. The quantitative estimate of drug-likeness (QED) is 0.631. The van der Waals surface area contributed by atoms with E-state index < -0.39 is 14.4 Å².